The van der Waals surface area contributed by atoms with Crippen molar-refractivity contribution in [1.29, 1.82) is 0 Å². The second-order valence-electron chi connectivity index (χ2n) is 21.2. The van der Waals surface area contributed by atoms with Crippen molar-refractivity contribution >= 4 is 39.8 Å². The van der Waals surface area contributed by atoms with Crippen LogP contribution in [-0.2, 0) is 38.1 Å². The lowest BCUT2D eigenvalue weighted by Gasteiger charge is -2.38. The van der Waals surface area contributed by atoms with E-state index in [0.717, 1.165) is 47.5 Å². The van der Waals surface area contributed by atoms with Crippen LogP contribution in [0.1, 0.15) is 207 Å². The second-order valence-corrected chi connectivity index (χ2v) is 22.0. The summed E-state index contributed by atoms with van der Waals surface area (Å²) in [4.78, 5) is 48.0. The van der Waals surface area contributed by atoms with E-state index < -0.39 is 11.2 Å². The predicted molar refractivity (Wildman–Crippen MR) is 229 cm³/mol. The van der Waals surface area contributed by atoms with E-state index in [1.807, 2.05) is 47.6 Å². The van der Waals surface area contributed by atoms with Crippen LogP contribution < -0.4 is 0 Å². The summed E-state index contributed by atoms with van der Waals surface area (Å²) >= 11 is 3.66. The fourth-order valence-electron chi connectivity index (χ4n) is 8.13. The molecule has 2 aromatic rings. The SMILES string of the molecule is COC(=O)CC[C@@H](CC(=O)OC(C)(C)C)c1cc(C2CC(CC(C)(C)C)C2)no1.COC(=O)CC[C@@H](CC(=O)OC(C)(C)C)c1onc(C2CC(CC(C)(C)C)C2)c1Br. The largest absolute Gasteiger partial charge is 0.469 e. The number of nitrogens with zero attached hydrogens (tertiary/aromatic N) is 2. The number of carbonyl (C=O) groups is 4. The van der Waals surface area contributed by atoms with Gasteiger partial charge in [-0.1, -0.05) is 51.9 Å². The predicted octanol–water partition coefficient (Wildman–Crippen LogP) is 11.5. The molecule has 13 heteroatoms. The highest BCUT2D eigenvalue weighted by molar-refractivity contribution is 9.10. The molecule has 0 aromatic carbocycles. The Morgan fingerprint density at radius 2 is 1.10 bits per heavy atom. The van der Waals surface area contributed by atoms with E-state index in [9.17, 15) is 19.2 Å². The fraction of sp³-hybridized carbons (Fsp3) is 0.783. The maximum atomic E-state index is 12.4. The van der Waals surface area contributed by atoms with Gasteiger partial charge in [0, 0.05) is 42.6 Å². The van der Waals surface area contributed by atoms with E-state index in [0.29, 0.717) is 52.9 Å². The highest BCUT2D eigenvalue weighted by Gasteiger charge is 2.39. The van der Waals surface area contributed by atoms with Gasteiger partial charge in [0.15, 0.2) is 5.76 Å². The van der Waals surface area contributed by atoms with Crippen molar-refractivity contribution in [3.05, 3.63) is 33.4 Å². The average Bonchev–Trinajstić information content (AvgIpc) is 3.68. The first-order chi connectivity index (χ1) is 27.1. The van der Waals surface area contributed by atoms with Crippen molar-refractivity contribution in [3.8, 4) is 0 Å². The van der Waals surface area contributed by atoms with Crippen molar-refractivity contribution in [2.45, 2.75) is 195 Å². The minimum atomic E-state index is -0.568. The molecule has 2 atom stereocenters. The lowest BCUT2D eigenvalue weighted by Crippen LogP contribution is -2.26. The highest BCUT2D eigenvalue weighted by atomic mass is 79.9. The van der Waals surface area contributed by atoms with E-state index in [1.165, 1.54) is 27.1 Å². The van der Waals surface area contributed by atoms with E-state index in [4.69, 9.17) is 28.0 Å². The Kier molecular flexibility index (Phi) is 17.9. The molecule has 2 saturated carbocycles. The molecule has 2 aliphatic carbocycles. The van der Waals surface area contributed by atoms with Gasteiger partial charge in [-0.15, -0.1) is 0 Å². The molecule has 0 radical (unpaired) electrons. The number of carbonyl (C=O) groups excluding carboxylic acids is 4. The van der Waals surface area contributed by atoms with Gasteiger partial charge in [-0.2, -0.15) is 0 Å². The summed E-state index contributed by atoms with van der Waals surface area (Å²) in [6, 6.07) is 1.96. The van der Waals surface area contributed by atoms with Gasteiger partial charge in [-0.25, -0.2) is 0 Å². The van der Waals surface area contributed by atoms with Crippen LogP contribution in [0.5, 0.6) is 0 Å². The second kappa shape index (κ2) is 21.0. The van der Waals surface area contributed by atoms with Gasteiger partial charge in [-0.05, 0) is 132 Å². The van der Waals surface area contributed by atoms with Crippen LogP contribution in [0.15, 0.2) is 19.6 Å². The number of hydrogen-bond donors (Lipinski definition) is 0. The first kappa shape index (κ1) is 50.1. The van der Waals surface area contributed by atoms with Crippen LogP contribution in [0.2, 0.25) is 0 Å². The topological polar surface area (TPSA) is 157 Å². The van der Waals surface area contributed by atoms with E-state index in [-0.39, 0.29) is 61.4 Å². The zero-order chi connectivity index (χ0) is 44.5. The normalized spacial score (nSPS) is 20.5. The maximum absolute atomic E-state index is 12.4. The van der Waals surface area contributed by atoms with E-state index in [1.54, 1.807) is 0 Å². The Balaban J connectivity index is 0.000000316. The third-order valence-corrected chi connectivity index (χ3v) is 11.4. The molecular formula is C46H73BrN2O10. The molecule has 2 fully saturated rings. The van der Waals surface area contributed by atoms with Crippen LogP contribution in [0.25, 0.3) is 0 Å². The molecule has 0 N–H and O–H groups in total. The van der Waals surface area contributed by atoms with Crippen molar-refractivity contribution in [1.82, 2.24) is 10.3 Å². The van der Waals surface area contributed by atoms with Crippen LogP contribution >= 0.6 is 15.9 Å². The summed E-state index contributed by atoms with van der Waals surface area (Å²) in [5.41, 5.74) is 1.43. The number of hydrogen-bond acceptors (Lipinski definition) is 12. The van der Waals surface area contributed by atoms with Gasteiger partial charge in [0.25, 0.3) is 0 Å². The van der Waals surface area contributed by atoms with Crippen LogP contribution in [0, 0.1) is 22.7 Å². The summed E-state index contributed by atoms with van der Waals surface area (Å²) in [6.07, 6.45) is 8.44. The molecule has 59 heavy (non-hydrogen) atoms. The third kappa shape index (κ3) is 17.7. The monoisotopic (exact) mass is 892 g/mol. The minimum Gasteiger partial charge on any atom is -0.469 e. The molecule has 0 spiro atoms. The lowest BCUT2D eigenvalue weighted by atomic mass is 9.67. The summed E-state index contributed by atoms with van der Waals surface area (Å²) in [5, 5.41) is 8.60. The Morgan fingerprint density at radius 3 is 1.54 bits per heavy atom. The van der Waals surface area contributed by atoms with Gasteiger partial charge >= 0.3 is 23.9 Å². The van der Waals surface area contributed by atoms with E-state index in [2.05, 4.69) is 67.8 Å². The van der Waals surface area contributed by atoms with Crippen LogP contribution in [0.3, 0.4) is 0 Å². The molecule has 0 aliphatic heterocycles. The van der Waals surface area contributed by atoms with Gasteiger partial charge in [0.2, 0.25) is 0 Å². The summed E-state index contributed by atoms with van der Waals surface area (Å²) in [6.45, 7) is 24.7. The van der Waals surface area contributed by atoms with Crippen molar-refractivity contribution in [3.63, 3.8) is 0 Å². The third-order valence-electron chi connectivity index (χ3n) is 10.6. The molecular weight excluding hydrogens is 820 g/mol. The Morgan fingerprint density at radius 1 is 0.661 bits per heavy atom. The van der Waals surface area contributed by atoms with Crippen LogP contribution in [0.4, 0.5) is 0 Å². The molecule has 334 valence electrons. The molecule has 0 amide bonds. The summed E-state index contributed by atoms with van der Waals surface area (Å²) in [5.74, 6) is 1.68. The molecule has 4 rings (SSSR count). The maximum Gasteiger partial charge on any atom is 0.307 e. The molecule has 0 unspecified atom stereocenters. The highest BCUT2D eigenvalue weighted by Crippen LogP contribution is 2.50. The summed E-state index contributed by atoms with van der Waals surface area (Å²) < 4.78 is 32.6. The lowest BCUT2D eigenvalue weighted by molar-refractivity contribution is -0.156. The number of aromatic nitrogens is 2. The van der Waals surface area contributed by atoms with Gasteiger partial charge in [0.1, 0.15) is 22.7 Å². The van der Waals surface area contributed by atoms with Crippen molar-refractivity contribution in [2.75, 3.05) is 14.2 Å². The summed E-state index contributed by atoms with van der Waals surface area (Å²) in [7, 11) is 2.72. The molecule has 0 bridgehead atoms. The first-order valence-electron chi connectivity index (χ1n) is 21.3. The van der Waals surface area contributed by atoms with Gasteiger partial charge in [-0.3, -0.25) is 19.2 Å². The molecule has 12 nitrogen and oxygen atoms in total. The van der Waals surface area contributed by atoms with Crippen molar-refractivity contribution in [2.24, 2.45) is 22.7 Å². The standard InChI is InChI=1S/C23H36BrNO5.C23H37NO5/c1-22(2,3)13-14-10-16(11-14)20-19(24)21(30-25-20)15(8-9-17(26)28-7)12-18(27)29-23(4,5)6;1-22(2,3)14-15-10-17(11-15)18-13-19(29-24-18)16(8-9-20(25)27-7)12-21(26)28-23(4,5)6/h14-16H,8-13H2,1-7H3;13,15-17H,8-12,14H2,1-7H3/t14?,15-,16?;15?,16-,17?/m00/s1. The molecule has 2 heterocycles. The first-order valence-corrected chi connectivity index (χ1v) is 22.1. The van der Waals surface area contributed by atoms with Crippen molar-refractivity contribution < 1.29 is 47.2 Å². The number of halogens is 1. The average molecular weight is 894 g/mol. The Labute approximate surface area is 361 Å². The minimum absolute atomic E-state index is 0.124. The number of rotatable bonds is 16. The van der Waals surface area contributed by atoms with Gasteiger partial charge in [0.05, 0.1) is 37.2 Å². The molecule has 0 saturated heterocycles. The molecule has 2 aliphatic rings. The number of ether oxygens (including phenoxy) is 4. The zero-order valence-corrected chi connectivity index (χ0v) is 40.0. The zero-order valence-electron chi connectivity index (χ0n) is 38.4. The number of esters is 4. The smallest absolute Gasteiger partial charge is 0.307 e. The number of methoxy groups -OCH3 is 2. The fourth-order valence-corrected chi connectivity index (χ4v) is 8.92. The quantitative estimate of drug-likeness (QED) is 0.116. The Hall–Kier alpha value is -3.22. The van der Waals surface area contributed by atoms with E-state index >= 15 is 0 Å². The Bertz CT molecular complexity index is 1670. The molecule has 2 aromatic heterocycles. The van der Waals surface area contributed by atoms with Gasteiger partial charge < -0.3 is 28.0 Å². The van der Waals surface area contributed by atoms with Crippen LogP contribution in [-0.4, -0.2) is 59.6 Å².